The molecule has 0 saturated heterocycles. The first-order chi connectivity index (χ1) is 9.55. The molecule has 20 heavy (non-hydrogen) atoms. The molecule has 1 aromatic heterocycles. The number of carboxylic acids is 1. The summed E-state index contributed by atoms with van der Waals surface area (Å²) in [6, 6.07) is 5.99. The predicted molar refractivity (Wildman–Crippen MR) is 71.4 cm³/mol. The highest BCUT2D eigenvalue weighted by Crippen LogP contribution is 2.32. The van der Waals surface area contributed by atoms with Crippen LogP contribution in [0.3, 0.4) is 0 Å². The van der Waals surface area contributed by atoms with Gasteiger partial charge in [0.25, 0.3) is 0 Å². The van der Waals surface area contributed by atoms with Crippen LogP contribution >= 0.6 is 0 Å². The van der Waals surface area contributed by atoms with Crippen molar-refractivity contribution in [3.05, 3.63) is 34.7 Å². The molecular weight excluding hydrogens is 264 g/mol. The topological polar surface area (TPSA) is 86.0 Å². The van der Waals surface area contributed by atoms with Gasteiger partial charge in [-0.3, -0.25) is 0 Å². The lowest BCUT2D eigenvalue weighted by atomic mass is 10.2. The summed E-state index contributed by atoms with van der Waals surface area (Å²) in [5.41, 5.74) is -0.174. The molecule has 1 aromatic carbocycles. The Hall–Kier alpha value is -2.50. The Morgan fingerprint density at radius 1 is 1.35 bits per heavy atom. The van der Waals surface area contributed by atoms with E-state index in [0.29, 0.717) is 23.1 Å². The lowest BCUT2D eigenvalue weighted by Crippen LogP contribution is -2.26. The average Bonchev–Trinajstić information content (AvgIpc) is 2.43. The second kappa shape index (κ2) is 5.64. The third kappa shape index (κ3) is 2.74. The van der Waals surface area contributed by atoms with Gasteiger partial charge < -0.3 is 19.0 Å². The quantitative estimate of drug-likeness (QED) is 0.842. The number of hydrogen-bond acceptors (Lipinski definition) is 5. The standard InChI is InChI=1S/C14H14O6/c1-3-9(14(16)17)19-12-7-10-8(6-11(12)18-2)4-5-13(15)20-10/h4-7,9H,3H2,1-2H3,(H,16,17). The number of ether oxygens (including phenoxy) is 2. The molecule has 0 bridgehead atoms. The van der Waals surface area contributed by atoms with Gasteiger partial charge >= 0.3 is 11.6 Å². The van der Waals surface area contributed by atoms with Crippen LogP contribution in [-0.2, 0) is 4.79 Å². The van der Waals surface area contributed by atoms with Gasteiger partial charge in [0.1, 0.15) is 5.58 Å². The number of carbonyl (C=O) groups is 1. The maximum absolute atomic E-state index is 11.2. The van der Waals surface area contributed by atoms with Crippen molar-refractivity contribution in [2.45, 2.75) is 19.4 Å². The van der Waals surface area contributed by atoms with E-state index in [1.54, 1.807) is 19.1 Å². The van der Waals surface area contributed by atoms with Gasteiger partial charge in [-0.15, -0.1) is 0 Å². The second-order valence-electron chi connectivity index (χ2n) is 4.15. The molecule has 6 heteroatoms. The predicted octanol–water partition coefficient (Wildman–Crippen LogP) is 2.04. The van der Waals surface area contributed by atoms with E-state index in [9.17, 15) is 9.59 Å². The molecule has 1 N–H and O–H groups in total. The normalized spacial score (nSPS) is 12.1. The van der Waals surface area contributed by atoms with Gasteiger partial charge in [0.15, 0.2) is 17.6 Å². The highest BCUT2D eigenvalue weighted by molar-refractivity contribution is 5.81. The van der Waals surface area contributed by atoms with Crippen molar-refractivity contribution in [2.75, 3.05) is 7.11 Å². The molecule has 0 radical (unpaired) electrons. The molecule has 2 aromatic rings. The molecule has 0 fully saturated rings. The van der Waals surface area contributed by atoms with Crippen LogP contribution in [0.15, 0.2) is 33.5 Å². The molecule has 106 valence electrons. The first-order valence-corrected chi connectivity index (χ1v) is 6.06. The van der Waals surface area contributed by atoms with Crippen LogP contribution in [0, 0.1) is 0 Å². The molecule has 0 saturated carbocycles. The van der Waals surface area contributed by atoms with E-state index in [1.807, 2.05) is 0 Å². The minimum absolute atomic E-state index is 0.226. The highest BCUT2D eigenvalue weighted by Gasteiger charge is 2.19. The van der Waals surface area contributed by atoms with Crippen molar-refractivity contribution < 1.29 is 23.8 Å². The minimum Gasteiger partial charge on any atom is -0.493 e. The summed E-state index contributed by atoms with van der Waals surface area (Å²) in [6.45, 7) is 1.70. The third-order valence-electron chi connectivity index (χ3n) is 2.82. The van der Waals surface area contributed by atoms with E-state index in [-0.39, 0.29) is 5.75 Å². The molecular formula is C14H14O6. The molecule has 2 rings (SSSR count). The molecule has 0 aliphatic carbocycles. The van der Waals surface area contributed by atoms with Gasteiger partial charge in [-0.1, -0.05) is 6.92 Å². The summed E-state index contributed by atoms with van der Waals surface area (Å²) in [4.78, 5) is 22.2. The van der Waals surface area contributed by atoms with E-state index >= 15 is 0 Å². The Bertz CT molecular complexity index is 688. The smallest absolute Gasteiger partial charge is 0.344 e. The van der Waals surface area contributed by atoms with Crippen molar-refractivity contribution in [1.29, 1.82) is 0 Å². The fourth-order valence-corrected chi connectivity index (χ4v) is 1.79. The fourth-order valence-electron chi connectivity index (χ4n) is 1.79. The van der Waals surface area contributed by atoms with Crippen molar-refractivity contribution in [3.8, 4) is 11.5 Å². The van der Waals surface area contributed by atoms with E-state index in [0.717, 1.165) is 0 Å². The highest BCUT2D eigenvalue weighted by atomic mass is 16.5. The summed E-state index contributed by atoms with van der Waals surface area (Å²) in [7, 11) is 1.45. The van der Waals surface area contributed by atoms with Gasteiger partial charge in [-0.05, 0) is 18.6 Å². The summed E-state index contributed by atoms with van der Waals surface area (Å²) in [5, 5.41) is 9.68. The van der Waals surface area contributed by atoms with Gasteiger partial charge in [-0.2, -0.15) is 0 Å². The van der Waals surface area contributed by atoms with E-state index < -0.39 is 17.7 Å². The van der Waals surface area contributed by atoms with E-state index in [2.05, 4.69) is 0 Å². The summed E-state index contributed by atoms with van der Waals surface area (Å²) >= 11 is 0. The van der Waals surface area contributed by atoms with Crippen LogP contribution in [0.1, 0.15) is 13.3 Å². The largest absolute Gasteiger partial charge is 0.493 e. The Morgan fingerprint density at radius 2 is 2.10 bits per heavy atom. The van der Waals surface area contributed by atoms with Crippen molar-refractivity contribution in [2.24, 2.45) is 0 Å². The van der Waals surface area contributed by atoms with Crippen LogP contribution in [0.2, 0.25) is 0 Å². The zero-order valence-electron chi connectivity index (χ0n) is 11.1. The molecule has 0 amide bonds. The first-order valence-electron chi connectivity index (χ1n) is 6.06. The van der Waals surface area contributed by atoms with Gasteiger partial charge in [0, 0.05) is 17.5 Å². The molecule has 0 aliphatic heterocycles. The van der Waals surface area contributed by atoms with E-state index in [4.69, 9.17) is 19.0 Å². The summed E-state index contributed by atoms with van der Waals surface area (Å²) < 4.78 is 15.6. The molecule has 0 aliphatic rings. The summed E-state index contributed by atoms with van der Waals surface area (Å²) in [6.07, 6.45) is -0.688. The maximum Gasteiger partial charge on any atom is 0.344 e. The maximum atomic E-state index is 11.2. The van der Waals surface area contributed by atoms with Crippen LogP contribution in [0.5, 0.6) is 11.5 Å². The zero-order chi connectivity index (χ0) is 14.7. The average molecular weight is 278 g/mol. The number of benzene rings is 1. The number of aliphatic carboxylic acids is 1. The number of hydrogen-bond donors (Lipinski definition) is 1. The molecule has 1 atom stereocenters. The molecule has 0 spiro atoms. The van der Waals surface area contributed by atoms with Crippen LogP contribution in [0.4, 0.5) is 0 Å². The Balaban J connectivity index is 2.50. The lowest BCUT2D eigenvalue weighted by molar-refractivity contribution is -0.145. The molecule has 6 nitrogen and oxygen atoms in total. The third-order valence-corrected chi connectivity index (χ3v) is 2.82. The minimum atomic E-state index is -1.07. The molecule has 1 heterocycles. The number of rotatable bonds is 5. The number of carboxylic acid groups (broad SMARTS) is 1. The SMILES string of the molecule is CCC(Oc1cc2oc(=O)ccc2cc1OC)C(=O)O. The lowest BCUT2D eigenvalue weighted by Gasteiger charge is -2.16. The Labute approximate surface area is 114 Å². The summed E-state index contributed by atoms with van der Waals surface area (Å²) in [5.74, 6) is -0.459. The monoisotopic (exact) mass is 278 g/mol. The van der Waals surface area contributed by atoms with Crippen molar-refractivity contribution >= 4 is 16.9 Å². The van der Waals surface area contributed by atoms with Crippen LogP contribution < -0.4 is 15.1 Å². The van der Waals surface area contributed by atoms with Crippen molar-refractivity contribution in [3.63, 3.8) is 0 Å². The first kappa shape index (κ1) is 13.9. The van der Waals surface area contributed by atoms with Crippen molar-refractivity contribution in [1.82, 2.24) is 0 Å². The van der Waals surface area contributed by atoms with Crippen LogP contribution in [0.25, 0.3) is 11.0 Å². The fraction of sp³-hybridized carbons (Fsp3) is 0.286. The number of fused-ring (bicyclic) bond motifs is 1. The van der Waals surface area contributed by atoms with E-state index in [1.165, 1.54) is 19.2 Å². The van der Waals surface area contributed by atoms with Crippen LogP contribution in [-0.4, -0.2) is 24.3 Å². The number of methoxy groups -OCH3 is 1. The Morgan fingerprint density at radius 3 is 2.70 bits per heavy atom. The van der Waals surface area contributed by atoms with Gasteiger partial charge in [0.2, 0.25) is 0 Å². The second-order valence-corrected chi connectivity index (χ2v) is 4.15. The molecule has 1 unspecified atom stereocenters. The van der Waals surface area contributed by atoms with Gasteiger partial charge in [0.05, 0.1) is 7.11 Å². The zero-order valence-corrected chi connectivity index (χ0v) is 11.1. The van der Waals surface area contributed by atoms with Gasteiger partial charge in [-0.25, -0.2) is 9.59 Å². The Kier molecular flexibility index (Phi) is 3.93.